The fourth-order valence-electron chi connectivity index (χ4n) is 1.67. The summed E-state index contributed by atoms with van der Waals surface area (Å²) in [5, 5.41) is 17.3. The van der Waals surface area contributed by atoms with Crippen molar-refractivity contribution in [3.63, 3.8) is 0 Å². The van der Waals surface area contributed by atoms with Crippen LogP contribution in [0.5, 0.6) is 0 Å². The van der Waals surface area contributed by atoms with Crippen molar-refractivity contribution in [3.8, 4) is 0 Å². The topological polar surface area (TPSA) is 102 Å². The van der Waals surface area contributed by atoms with Gasteiger partial charge in [0, 0.05) is 19.2 Å². The van der Waals surface area contributed by atoms with Crippen LogP contribution in [0.4, 0.5) is 0 Å². The highest BCUT2D eigenvalue weighted by atomic mass is 32.2. The molecular formula is C11H19N3O4S2. The summed E-state index contributed by atoms with van der Waals surface area (Å²) in [5.74, 6) is -0.137. The number of carbonyl (C=O) groups is 1. The van der Waals surface area contributed by atoms with Crippen LogP contribution in [0.3, 0.4) is 0 Å². The standard InChI is InChI=1S/C11H19N3O4S2/c1-3-5-9-12-13-11(19-8-10(15)16)14(9)6-4-7-20(2,17)18/h3-8H2,1-2H3,(H,15,16). The summed E-state index contributed by atoms with van der Waals surface area (Å²) in [6.07, 6.45) is 3.30. The summed E-state index contributed by atoms with van der Waals surface area (Å²) >= 11 is 1.10. The largest absolute Gasteiger partial charge is 0.481 e. The second-order valence-corrected chi connectivity index (χ2v) is 7.67. The number of hydrogen-bond acceptors (Lipinski definition) is 6. The number of carboxylic acids is 1. The first-order chi connectivity index (χ1) is 9.33. The molecule has 0 aliphatic rings. The third-order valence-corrected chi connectivity index (χ3v) is 4.47. The molecule has 9 heteroatoms. The van der Waals surface area contributed by atoms with Gasteiger partial charge in [-0.05, 0) is 12.8 Å². The molecule has 0 saturated heterocycles. The lowest BCUT2D eigenvalue weighted by Crippen LogP contribution is -2.11. The van der Waals surface area contributed by atoms with E-state index in [1.54, 1.807) is 0 Å². The van der Waals surface area contributed by atoms with Gasteiger partial charge in [-0.25, -0.2) is 8.42 Å². The van der Waals surface area contributed by atoms with Crippen LogP contribution in [0, 0.1) is 0 Å². The number of aryl methyl sites for hydroxylation is 1. The number of aromatic nitrogens is 3. The maximum atomic E-state index is 11.1. The van der Waals surface area contributed by atoms with Crippen LogP contribution < -0.4 is 0 Å². The summed E-state index contributed by atoms with van der Waals surface area (Å²) in [5.41, 5.74) is 0. The minimum absolute atomic E-state index is 0.0870. The fraction of sp³-hybridized carbons (Fsp3) is 0.727. The second-order valence-electron chi connectivity index (χ2n) is 4.47. The molecule has 0 fully saturated rings. The molecule has 0 aromatic carbocycles. The molecule has 0 aliphatic carbocycles. The van der Waals surface area contributed by atoms with E-state index in [4.69, 9.17) is 5.11 Å². The van der Waals surface area contributed by atoms with Gasteiger partial charge < -0.3 is 9.67 Å². The highest BCUT2D eigenvalue weighted by Crippen LogP contribution is 2.18. The highest BCUT2D eigenvalue weighted by molar-refractivity contribution is 7.99. The predicted molar refractivity (Wildman–Crippen MR) is 76.7 cm³/mol. The Kier molecular flexibility index (Phi) is 6.47. The number of nitrogens with zero attached hydrogens (tertiary/aromatic N) is 3. The van der Waals surface area contributed by atoms with Gasteiger partial charge >= 0.3 is 5.97 Å². The zero-order valence-electron chi connectivity index (χ0n) is 11.6. The van der Waals surface area contributed by atoms with Crippen molar-refractivity contribution in [2.75, 3.05) is 17.8 Å². The zero-order chi connectivity index (χ0) is 15.2. The minimum Gasteiger partial charge on any atom is -0.481 e. The van der Waals surface area contributed by atoms with Crippen molar-refractivity contribution in [1.82, 2.24) is 14.8 Å². The number of rotatable bonds is 9. The third kappa shape index (κ3) is 5.91. The van der Waals surface area contributed by atoms with Crippen LogP contribution in [0.15, 0.2) is 5.16 Å². The molecule has 1 aromatic rings. The van der Waals surface area contributed by atoms with E-state index in [2.05, 4.69) is 10.2 Å². The van der Waals surface area contributed by atoms with E-state index in [-0.39, 0.29) is 11.5 Å². The first kappa shape index (κ1) is 17.0. The molecule has 7 nitrogen and oxygen atoms in total. The molecule has 0 amide bonds. The molecule has 0 aliphatic heterocycles. The van der Waals surface area contributed by atoms with Crippen LogP contribution >= 0.6 is 11.8 Å². The summed E-state index contributed by atoms with van der Waals surface area (Å²) in [7, 11) is -3.00. The molecule has 1 N–H and O–H groups in total. The summed E-state index contributed by atoms with van der Waals surface area (Å²) in [6, 6.07) is 0. The summed E-state index contributed by atoms with van der Waals surface area (Å²) in [6.45, 7) is 2.50. The van der Waals surface area contributed by atoms with E-state index in [1.165, 1.54) is 6.26 Å². The molecule has 114 valence electrons. The molecule has 0 atom stereocenters. The monoisotopic (exact) mass is 321 g/mol. The van der Waals surface area contributed by atoms with Crippen LogP contribution in [0.1, 0.15) is 25.6 Å². The van der Waals surface area contributed by atoms with Crippen molar-refractivity contribution in [2.45, 2.75) is 37.9 Å². The molecule has 1 rings (SSSR count). The Morgan fingerprint density at radius 2 is 2.10 bits per heavy atom. The number of aliphatic carboxylic acids is 1. The predicted octanol–water partition coefficient (Wildman–Crippen LogP) is 0.842. The average molecular weight is 321 g/mol. The lowest BCUT2D eigenvalue weighted by Gasteiger charge is -2.08. The Labute approximate surface area is 122 Å². The van der Waals surface area contributed by atoms with Gasteiger partial charge in [0.1, 0.15) is 15.7 Å². The van der Waals surface area contributed by atoms with Crippen LogP contribution in [0.2, 0.25) is 0 Å². The molecule has 1 heterocycles. The van der Waals surface area contributed by atoms with E-state index >= 15 is 0 Å². The molecule has 0 radical (unpaired) electrons. The quantitative estimate of drug-likeness (QED) is 0.672. The lowest BCUT2D eigenvalue weighted by molar-refractivity contribution is -0.133. The first-order valence-electron chi connectivity index (χ1n) is 6.28. The van der Waals surface area contributed by atoms with Crippen molar-refractivity contribution in [1.29, 1.82) is 0 Å². The molecule has 0 saturated carbocycles. The third-order valence-electron chi connectivity index (χ3n) is 2.49. The van der Waals surface area contributed by atoms with E-state index in [9.17, 15) is 13.2 Å². The Balaban J connectivity index is 2.76. The molecule has 1 aromatic heterocycles. The normalized spacial score (nSPS) is 11.7. The van der Waals surface area contributed by atoms with Crippen molar-refractivity contribution in [2.24, 2.45) is 0 Å². The van der Waals surface area contributed by atoms with Gasteiger partial charge in [0.05, 0.1) is 11.5 Å². The molecule has 0 unspecified atom stereocenters. The van der Waals surface area contributed by atoms with Gasteiger partial charge in [-0.1, -0.05) is 18.7 Å². The fourth-order valence-corrected chi connectivity index (χ4v) is 3.03. The first-order valence-corrected chi connectivity index (χ1v) is 9.32. The highest BCUT2D eigenvalue weighted by Gasteiger charge is 2.14. The Bertz CT molecular complexity index is 554. The Morgan fingerprint density at radius 3 is 2.65 bits per heavy atom. The smallest absolute Gasteiger partial charge is 0.313 e. The van der Waals surface area contributed by atoms with E-state index in [0.717, 1.165) is 30.4 Å². The zero-order valence-corrected chi connectivity index (χ0v) is 13.2. The Morgan fingerprint density at radius 1 is 1.40 bits per heavy atom. The van der Waals surface area contributed by atoms with Crippen molar-refractivity contribution in [3.05, 3.63) is 5.82 Å². The Hall–Kier alpha value is -1.09. The van der Waals surface area contributed by atoms with Gasteiger partial charge in [-0.2, -0.15) is 0 Å². The van der Waals surface area contributed by atoms with Gasteiger partial charge in [0.25, 0.3) is 0 Å². The van der Waals surface area contributed by atoms with E-state index in [0.29, 0.717) is 18.1 Å². The van der Waals surface area contributed by atoms with Gasteiger partial charge in [-0.15, -0.1) is 10.2 Å². The van der Waals surface area contributed by atoms with Crippen molar-refractivity contribution < 1.29 is 18.3 Å². The van der Waals surface area contributed by atoms with Crippen molar-refractivity contribution >= 4 is 27.6 Å². The molecule has 0 bridgehead atoms. The maximum Gasteiger partial charge on any atom is 0.313 e. The summed E-state index contributed by atoms with van der Waals surface area (Å²) in [4.78, 5) is 10.6. The number of sulfone groups is 1. The van der Waals surface area contributed by atoms with Gasteiger partial charge in [0.2, 0.25) is 0 Å². The minimum atomic E-state index is -3.00. The maximum absolute atomic E-state index is 11.1. The SMILES string of the molecule is CCCc1nnc(SCC(=O)O)n1CCCS(C)(=O)=O. The van der Waals surface area contributed by atoms with Crippen LogP contribution in [0.25, 0.3) is 0 Å². The number of hydrogen-bond donors (Lipinski definition) is 1. The number of carboxylic acid groups (broad SMARTS) is 1. The lowest BCUT2D eigenvalue weighted by atomic mass is 10.3. The van der Waals surface area contributed by atoms with E-state index < -0.39 is 15.8 Å². The molecular weight excluding hydrogens is 302 g/mol. The van der Waals surface area contributed by atoms with E-state index in [1.807, 2.05) is 11.5 Å². The number of thioether (sulfide) groups is 1. The van der Waals surface area contributed by atoms with Crippen LogP contribution in [-0.4, -0.2) is 52.0 Å². The molecule has 0 spiro atoms. The second kappa shape index (κ2) is 7.63. The molecule has 20 heavy (non-hydrogen) atoms. The summed E-state index contributed by atoms with van der Waals surface area (Å²) < 4.78 is 24.1. The van der Waals surface area contributed by atoms with Gasteiger partial charge in [-0.3, -0.25) is 4.79 Å². The van der Waals surface area contributed by atoms with Gasteiger partial charge in [0.15, 0.2) is 5.16 Å². The van der Waals surface area contributed by atoms with Crippen LogP contribution in [-0.2, 0) is 27.6 Å². The average Bonchev–Trinajstić information content (AvgIpc) is 2.68.